The lowest BCUT2D eigenvalue weighted by molar-refractivity contribution is -0.138. The fraction of sp³-hybridized carbons (Fsp3) is 0.346. The van der Waals surface area contributed by atoms with Crippen molar-refractivity contribution >= 4 is 0 Å². The summed E-state index contributed by atoms with van der Waals surface area (Å²) in [5.74, 6) is 5.02. The molecule has 1 aliphatic rings. The molecule has 2 heterocycles. The number of aromatic nitrogens is 1. The standard InChI is InChI=1S/C21H26F3N5.C5H11N3/c1-13(18-9-6-10-29(18)2)28-19(14-7-4-3-5-8-14)17-11-16(21(22,23)24)15(12-27-17)20(25)26;1-2-3-5(4-6)8-7/h3-5,7-8,11-12,18-20,28H,1,6,9-10,25-26H2,2H3;2,4,8H,1,3,6-7H2/b;5-4-. The molecule has 0 spiro atoms. The Morgan fingerprint density at radius 2 is 1.95 bits per heavy atom. The molecule has 2 atom stereocenters. The molecule has 202 valence electrons. The summed E-state index contributed by atoms with van der Waals surface area (Å²) in [5, 5.41) is 3.32. The Kier molecular flexibility index (Phi) is 11.1. The topological polar surface area (TPSA) is 144 Å². The molecule has 11 heteroatoms. The summed E-state index contributed by atoms with van der Waals surface area (Å²) in [6.07, 6.45) is 1.09. The lowest BCUT2D eigenvalue weighted by Crippen LogP contribution is -2.35. The van der Waals surface area contributed by atoms with E-state index in [1.54, 1.807) is 6.08 Å². The number of likely N-dealkylation sites (tertiary alicyclic amines) is 1. The van der Waals surface area contributed by atoms with Crippen LogP contribution in [0.1, 0.15) is 53.9 Å². The van der Waals surface area contributed by atoms with Gasteiger partial charge >= 0.3 is 6.18 Å². The Labute approximate surface area is 216 Å². The molecule has 1 fully saturated rings. The van der Waals surface area contributed by atoms with E-state index in [9.17, 15) is 13.2 Å². The third-order valence-electron chi connectivity index (χ3n) is 6.05. The summed E-state index contributed by atoms with van der Waals surface area (Å²) in [4.78, 5) is 6.46. The van der Waals surface area contributed by atoms with Crippen LogP contribution in [0.4, 0.5) is 13.2 Å². The summed E-state index contributed by atoms with van der Waals surface area (Å²) in [7, 11) is 2.01. The van der Waals surface area contributed by atoms with E-state index in [4.69, 9.17) is 23.0 Å². The Bertz CT molecular complexity index is 1050. The van der Waals surface area contributed by atoms with Crippen molar-refractivity contribution in [1.29, 1.82) is 0 Å². The van der Waals surface area contributed by atoms with Crippen LogP contribution < -0.4 is 33.8 Å². The highest BCUT2D eigenvalue weighted by molar-refractivity contribution is 5.37. The number of nitrogens with one attached hydrogen (secondary N) is 2. The predicted molar refractivity (Wildman–Crippen MR) is 141 cm³/mol. The minimum absolute atomic E-state index is 0.125. The van der Waals surface area contributed by atoms with Gasteiger partial charge in [-0.2, -0.15) is 13.2 Å². The molecule has 0 amide bonds. The predicted octanol–water partition coefficient (Wildman–Crippen LogP) is 3.13. The Hall–Kier alpha value is -3.38. The van der Waals surface area contributed by atoms with E-state index in [1.165, 1.54) is 6.20 Å². The van der Waals surface area contributed by atoms with Gasteiger partial charge in [0, 0.05) is 41.8 Å². The second kappa shape index (κ2) is 13.8. The maximum atomic E-state index is 13.6. The average Bonchev–Trinajstić information content (AvgIpc) is 3.31. The van der Waals surface area contributed by atoms with E-state index in [0.717, 1.165) is 48.6 Å². The van der Waals surface area contributed by atoms with Gasteiger partial charge in [-0.15, -0.1) is 6.58 Å². The van der Waals surface area contributed by atoms with Gasteiger partial charge < -0.3 is 27.9 Å². The molecule has 1 aromatic carbocycles. The monoisotopic (exact) mass is 518 g/mol. The van der Waals surface area contributed by atoms with E-state index in [0.29, 0.717) is 6.42 Å². The van der Waals surface area contributed by atoms with Crippen molar-refractivity contribution < 1.29 is 13.2 Å². The van der Waals surface area contributed by atoms with Crippen LogP contribution in [0.2, 0.25) is 0 Å². The van der Waals surface area contributed by atoms with E-state index in [2.05, 4.69) is 33.8 Å². The van der Waals surface area contributed by atoms with Crippen LogP contribution >= 0.6 is 0 Å². The summed E-state index contributed by atoms with van der Waals surface area (Å²) in [5.41, 5.74) is 20.0. The van der Waals surface area contributed by atoms with E-state index in [-0.39, 0.29) is 17.3 Å². The van der Waals surface area contributed by atoms with Gasteiger partial charge in [0.05, 0.1) is 23.5 Å². The molecule has 3 rings (SSSR count). The molecule has 10 N–H and O–H groups in total. The number of likely N-dealkylation sites (N-methyl/N-ethyl adjacent to an activating group) is 1. The van der Waals surface area contributed by atoms with Crippen LogP contribution in [0.5, 0.6) is 0 Å². The van der Waals surface area contributed by atoms with Crippen molar-refractivity contribution in [2.75, 3.05) is 13.6 Å². The molecule has 1 saturated heterocycles. The fourth-order valence-corrected chi connectivity index (χ4v) is 4.09. The number of allylic oxidation sites excluding steroid dienone is 1. The fourth-order valence-electron chi connectivity index (χ4n) is 4.09. The van der Waals surface area contributed by atoms with Gasteiger partial charge in [0.25, 0.3) is 0 Å². The van der Waals surface area contributed by atoms with Gasteiger partial charge in [-0.1, -0.05) is 43.0 Å². The number of halogens is 3. The molecular weight excluding hydrogens is 481 g/mol. The molecule has 0 saturated carbocycles. The second-order valence-electron chi connectivity index (χ2n) is 8.70. The van der Waals surface area contributed by atoms with Crippen molar-refractivity contribution in [2.24, 2.45) is 23.0 Å². The summed E-state index contributed by atoms with van der Waals surface area (Å²) >= 11 is 0. The van der Waals surface area contributed by atoms with E-state index < -0.39 is 23.9 Å². The van der Waals surface area contributed by atoms with E-state index in [1.807, 2.05) is 37.4 Å². The molecule has 1 aliphatic heterocycles. The van der Waals surface area contributed by atoms with Crippen LogP contribution in [0.25, 0.3) is 0 Å². The minimum Gasteiger partial charge on any atom is -0.403 e. The lowest BCUT2D eigenvalue weighted by atomic mass is 9.98. The minimum atomic E-state index is -4.59. The van der Waals surface area contributed by atoms with Gasteiger partial charge in [0.1, 0.15) is 0 Å². The number of rotatable bonds is 9. The molecular formula is C26H37F3N8. The van der Waals surface area contributed by atoms with Crippen molar-refractivity contribution in [1.82, 2.24) is 20.6 Å². The summed E-state index contributed by atoms with van der Waals surface area (Å²) < 4.78 is 40.9. The largest absolute Gasteiger partial charge is 0.416 e. The van der Waals surface area contributed by atoms with Crippen LogP contribution in [0.15, 0.2) is 79.4 Å². The number of hydrazine groups is 1. The van der Waals surface area contributed by atoms with Gasteiger partial charge in [0.2, 0.25) is 0 Å². The van der Waals surface area contributed by atoms with Crippen LogP contribution in [-0.4, -0.2) is 29.5 Å². The zero-order valence-electron chi connectivity index (χ0n) is 21.0. The van der Waals surface area contributed by atoms with Crippen LogP contribution in [0, 0.1) is 0 Å². The third kappa shape index (κ3) is 8.32. The van der Waals surface area contributed by atoms with Crippen molar-refractivity contribution in [3.8, 4) is 0 Å². The summed E-state index contributed by atoms with van der Waals surface area (Å²) in [6, 6.07) is 9.79. The zero-order chi connectivity index (χ0) is 27.6. The number of nitrogens with two attached hydrogens (primary N) is 4. The van der Waals surface area contributed by atoms with Gasteiger partial charge in [0.15, 0.2) is 0 Å². The molecule has 1 aromatic heterocycles. The van der Waals surface area contributed by atoms with Gasteiger partial charge in [-0.25, -0.2) is 0 Å². The number of hydrogen-bond donors (Lipinski definition) is 6. The number of benzene rings is 1. The maximum absolute atomic E-state index is 13.6. The Balaban J connectivity index is 0.000000521. The molecule has 2 unspecified atom stereocenters. The van der Waals surface area contributed by atoms with Crippen molar-refractivity contribution in [3.63, 3.8) is 0 Å². The maximum Gasteiger partial charge on any atom is 0.416 e. The Morgan fingerprint density at radius 1 is 1.27 bits per heavy atom. The van der Waals surface area contributed by atoms with Crippen LogP contribution in [-0.2, 0) is 6.18 Å². The zero-order valence-corrected chi connectivity index (χ0v) is 21.0. The first-order valence-electron chi connectivity index (χ1n) is 11.8. The number of hydrogen-bond acceptors (Lipinski definition) is 8. The quantitative estimate of drug-likeness (QED) is 0.129. The average molecular weight is 519 g/mol. The van der Waals surface area contributed by atoms with Gasteiger partial charge in [-0.05, 0) is 38.1 Å². The SMILES string of the molecule is C=C(NC(c1ccccc1)c1cc(C(F)(F)F)c(C(N)N)cn1)C1CCCN1C.C=CC/C(=C/N)NN. The van der Waals surface area contributed by atoms with Crippen LogP contribution in [0.3, 0.4) is 0 Å². The lowest BCUT2D eigenvalue weighted by Gasteiger charge is -2.28. The number of pyridine rings is 1. The molecule has 37 heavy (non-hydrogen) atoms. The first-order chi connectivity index (χ1) is 17.5. The van der Waals surface area contributed by atoms with Crippen molar-refractivity contribution in [3.05, 3.63) is 102 Å². The van der Waals surface area contributed by atoms with E-state index >= 15 is 0 Å². The van der Waals surface area contributed by atoms with Gasteiger partial charge in [-0.3, -0.25) is 15.7 Å². The first kappa shape index (κ1) is 29.8. The third-order valence-corrected chi connectivity index (χ3v) is 6.05. The number of nitrogens with zero attached hydrogens (tertiary/aromatic N) is 2. The molecule has 8 nitrogen and oxygen atoms in total. The smallest absolute Gasteiger partial charge is 0.403 e. The highest BCUT2D eigenvalue weighted by Crippen LogP contribution is 2.35. The Morgan fingerprint density at radius 3 is 2.41 bits per heavy atom. The van der Waals surface area contributed by atoms with Crippen molar-refractivity contribution in [2.45, 2.75) is 43.7 Å². The molecule has 0 aliphatic carbocycles. The normalized spacial score (nSPS) is 17.1. The summed E-state index contributed by atoms with van der Waals surface area (Å²) in [6.45, 7) is 8.62. The molecule has 0 bridgehead atoms. The number of alkyl halides is 3. The first-order valence-corrected chi connectivity index (χ1v) is 11.8. The highest BCUT2D eigenvalue weighted by Gasteiger charge is 2.36. The highest BCUT2D eigenvalue weighted by atomic mass is 19.4. The molecule has 2 aromatic rings. The second-order valence-corrected chi connectivity index (χ2v) is 8.70. The molecule has 0 radical (unpaired) electrons.